The predicted molar refractivity (Wildman–Crippen MR) is 96.0 cm³/mol. The maximum absolute atomic E-state index is 6.24. The van der Waals surface area contributed by atoms with E-state index in [-0.39, 0.29) is 0 Å². The van der Waals surface area contributed by atoms with Gasteiger partial charge in [0.2, 0.25) is 5.95 Å². The average Bonchev–Trinajstić information content (AvgIpc) is 3.10. The fraction of sp³-hybridized carbons (Fsp3) is 0.188. The van der Waals surface area contributed by atoms with Crippen molar-refractivity contribution >= 4 is 29.2 Å². The summed E-state index contributed by atoms with van der Waals surface area (Å²) in [6, 6.07) is 10.8. The second kappa shape index (κ2) is 7.58. The van der Waals surface area contributed by atoms with Crippen LogP contribution in [0, 0.1) is 0 Å². The molecule has 0 fully saturated rings. The van der Waals surface area contributed by atoms with Crippen molar-refractivity contribution in [3.8, 4) is 17.2 Å². The summed E-state index contributed by atoms with van der Waals surface area (Å²) >= 11 is 12.3. The minimum Gasteiger partial charge on any atom is -0.497 e. The van der Waals surface area contributed by atoms with Crippen LogP contribution in [0.3, 0.4) is 0 Å². The number of ether oxygens (including phenoxy) is 2. The van der Waals surface area contributed by atoms with E-state index in [4.69, 9.17) is 32.7 Å². The van der Waals surface area contributed by atoms with E-state index in [2.05, 4.69) is 20.8 Å². The van der Waals surface area contributed by atoms with Crippen LogP contribution in [-0.2, 0) is 6.54 Å². The molecule has 0 amide bonds. The maximum Gasteiger partial charge on any atom is 0.248 e. The molecule has 0 saturated carbocycles. The Morgan fingerprint density at radius 2 is 1.96 bits per heavy atom. The van der Waals surface area contributed by atoms with Crippen LogP contribution in [0.5, 0.6) is 11.5 Å². The number of methoxy groups -OCH3 is 2. The summed E-state index contributed by atoms with van der Waals surface area (Å²) in [5.74, 6) is 1.85. The molecule has 9 heteroatoms. The Labute approximate surface area is 154 Å². The van der Waals surface area contributed by atoms with Crippen molar-refractivity contribution in [2.24, 2.45) is 0 Å². The first-order valence-electron chi connectivity index (χ1n) is 7.31. The van der Waals surface area contributed by atoms with E-state index in [1.807, 2.05) is 18.2 Å². The molecule has 0 spiro atoms. The largest absolute Gasteiger partial charge is 0.497 e. The highest BCUT2D eigenvalue weighted by atomic mass is 35.5. The second-order valence-electron chi connectivity index (χ2n) is 5.02. The van der Waals surface area contributed by atoms with Crippen LogP contribution in [0.25, 0.3) is 5.69 Å². The van der Waals surface area contributed by atoms with Gasteiger partial charge in [0.1, 0.15) is 11.5 Å². The molecule has 0 unspecified atom stereocenters. The molecule has 0 radical (unpaired) electrons. The van der Waals surface area contributed by atoms with Crippen LogP contribution in [0.1, 0.15) is 5.56 Å². The molecule has 3 aromatic rings. The van der Waals surface area contributed by atoms with Crippen LogP contribution in [0.2, 0.25) is 10.0 Å². The first-order valence-corrected chi connectivity index (χ1v) is 8.07. The van der Waals surface area contributed by atoms with Gasteiger partial charge in [-0.1, -0.05) is 34.4 Å². The van der Waals surface area contributed by atoms with Crippen LogP contribution < -0.4 is 14.8 Å². The lowest BCUT2D eigenvalue weighted by molar-refractivity contribution is 0.391. The zero-order valence-corrected chi connectivity index (χ0v) is 15.0. The highest BCUT2D eigenvalue weighted by molar-refractivity contribution is 6.43. The molecule has 7 nitrogen and oxygen atoms in total. The van der Waals surface area contributed by atoms with Gasteiger partial charge in [-0.3, -0.25) is 0 Å². The first kappa shape index (κ1) is 17.3. The Hall–Kier alpha value is -2.51. The Morgan fingerprint density at radius 3 is 2.72 bits per heavy atom. The van der Waals surface area contributed by atoms with Crippen LogP contribution in [-0.4, -0.2) is 34.4 Å². The Balaban J connectivity index is 1.84. The van der Waals surface area contributed by atoms with Crippen molar-refractivity contribution in [1.82, 2.24) is 20.2 Å². The summed E-state index contributed by atoms with van der Waals surface area (Å²) in [6.07, 6.45) is 0. The number of halogens is 2. The summed E-state index contributed by atoms with van der Waals surface area (Å²) in [6.45, 7) is 0.450. The molecule has 0 saturated heterocycles. The quantitative estimate of drug-likeness (QED) is 0.705. The van der Waals surface area contributed by atoms with Crippen molar-refractivity contribution in [3.63, 3.8) is 0 Å². The number of nitrogens with one attached hydrogen (secondary N) is 1. The predicted octanol–water partition coefficient (Wildman–Crippen LogP) is 3.60. The lowest BCUT2D eigenvalue weighted by Crippen LogP contribution is -2.08. The van der Waals surface area contributed by atoms with Crippen molar-refractivity contribution in [1.29, 1.82) is 0 Å². The SMILES string of the molecule is COc1ccc(CNc2nnnn2-c2cccc(Cl)c2Cl)c(OC)c1. The highest BCUT2D eigenvalue weighted by Crippen LogP contribution is 2.29. The third-order valence-corrected chi connectivity index (χ3v) is 4.37. The lowest BCUT2D eigenvalue weighted by Gasteiger charge is -2.12. The van der Waals surface area contributed by atoms with Gasteiger partial charge in [0.05, 0.1) is 30.0 Å². The van der Waals surface area contributed by atoms with Gasteiger partial charge in [-0.2, -0.15) is 4.68 Å². The fourth-order valence-corrected chi connectivity index (χ4v) is 2.66. The molecule has 1 heterocycles. The molecule has 1 N–H and O–H groups in total. The third kappa shape index (κ3) is 3.62. The van der Waals surface area contributed by atoms with Gasteiger partial charge in [0.25, 0.3) is 0 Å². The Morgan fingerprint density at radius 1 is 1.12 bits per heavy atom. The van der Waals surface area contributed by atoms with E-state index >= 15 is 0 Å². The number of aromatic nitrogens is 4. The standard InChI is InChI=1S/C16H15Cl2N5O2/c1-24-11-7-6-10(14(8-11)25-2)9-19-16-20-21-22-23(16)13-5-3-4-12(17)15(13)18/h3-8H,9H2,1-2H3,(H,19,20,22). The van der Waals surface area contributed by atoms with Gasteiger partial charge in [-0.05, 0) is 34.7 Å². The zero-order chi connectivity index (χ0) is 17.8. The van der Waals surface area contributed by atoms with Crippen molar-refractivity contribution in [2.45, 2.75) is 6.54 Å². The Kier molecular flexibility index (Phi) is 5.25. The maximum atomic E-state index is 6.24. The van der Waals surface area contributed by atoms with Crippen LogP contribution in [0.4, 0.5) is 5.95 Å². The minimum absolute atomic E-state index is 0.376. The van der Waals surface area contributed by atoms with E-state index in [1.54, 1.807) is 32.4 Å². The monoisotopic (exact) mass is 379 g/mol. The number of tetrazole rings is 1. The molecule has 0 atom stereocenters. The molecule has 1 aromatic heterocycles. The van der Waals surface area contributed by atoms with Gasteiger partial charge >= 0.3 is 0 Å². The molecule has 0 aliphatic heterocycles. The zero-order valence-electron chi connectivity index (χ0n) is 13.5. The summed E-state index contributed by atoms with van der Waals surface area (Å²) in [7, 11) is 3.21. The van der Waals surface area contributed by atoms with Crippen molar-refractivity contribution in [2.75, 3.05) is 19.5 Å². The number of nitrogens with zero attached hydrogens (tertiary/aromatic N) is 4. The Bertz CT molecular complexity index is 885. The molecule has 0 aliphatic carbocycles. The molecule has 130 valence electrons. The minimum atomic E-state index is 0.376. The number of anilines is 1. The van der Waals surface area contributed by atoms with E-state index in [0.717, 1.165) is 11.3 Å². The first-order chi connectivity index (χ1) is 12.1. The summed E-state index contributed by atoms with van der Waals surface area (Å²) < 4.78 is 12.1. The van der Waals surface area contributed by atoms with Crippen molar-refractivity contribution in [3.05, 3.63) is 52.0 Å². The summed E-state index contributed by atoms with van der Waals surface area (Å²) in [4.78, 5) is 0. The lowest BCUT2D eigenvalue weighted by atomic mass is 10.2. The van der Waals surface area contributed by atoms with Gasteiger partial charge in [0.15, 0.2) is 0 Å². The molecule has 25 heavy (non-hydrogen) atoms. The molecule has 3 rings (SSSR count). The van der Waals surface area contributed by atoms with Gasteiger partial charge in [-0.15, -0.1) is 0 Å². The topological polar surface area (TPSA) is 74.1 Å². The third-order valence-electron chi connectivity index (χ3n) is 3.56. The van der Waals surface area contributed by atoms with Crippen LogP contribution in [0.15, 0.2) is 36.4 Å². The van der Waals surface area contributed by atoms with E-state index in [0.29, 0.717) is 34.0 Å². The molecule has 2 aromatic carbocycles. The number of hydrogen-bond acceptors (Lipinski definition) is 6. The fourth-order valence-electron chi connectivity index (χ4n) is 2.29. The molecule has 0 aliphatic rings. The average molecular weight is 380 g/mol. The van der Waals surface area contributed by atoms with Gasteiger partial charge in [-0.25, -0.2) is 0 Å². The normalized spacial score (nSPS) is 10.6. The van der Waals surface area contributed by atoms with E-state index in [1.165, 1.54) is 4.68 Å². The molecular weight excluding hydrogens is 365 g/mol. The van der Waals surface area contributed by atoms with E-state index in [9.17, 15) is 0 Å². The summed E-state index contributed by atoms with van der Waals surface area (Å²) in [5.41, 5.74) is 1.51. The van der Waals surface area contributed by atoms with Crippen molar-refractivity contribution < 1.29 is 9.47 Å². The van der Waals surface area contributed by atoms with Crippen LogP contribution >= 0.6 is 23.2 Å². The molecule has 0 bridgehead atoms. The van der Waals surface area contributed by atoms with Gasteiger partial charge in [0, 0.05) is 18.2 Å². The number of benzene rings is 2. The molecular formula is C16H15Cl2N5O2. The highest BCUT2D eigenvalue weighted by Gasteiger charge is 2.14. The van der Waals surface area contributed by atoms with Gasteiger partial charge < -0.3 is 14.8 Å². The number of rotatable bonds is 6. The van der Waals surface area contributed by atoms with E-state index < -0.39 is 0 Å². The number of hydrogen-bond donors (Lipinski definition) is 1. The summed E-state index contributed by atoms with van der Waals surface area (Å²) in [5, 5.41) is 15.6. The second-order valence-corrected chi connectivity index (χ2v) is 5.80. The smallest absolute Gasteiger partial charge is 0.248 e.